The highest BCUT2D eigenvalue weighted by Gasteiger charge is 2.55. The van der Waals surface area contributed by atoms with Crippen LogP contribution in [0.5, 0.6) is 5.75 Å². The molecule has 2 saturated carbocycles. The first-order valence-electron chi connectivity index (χ1n) is 7.41. The molecule has 0 bridgehead atoms. The van der Waals surface area contributed by atoms with Crippen LogP contribution in [0, 0.1) is 11.2 Å². The molecule has 1 N–H and O–H groups in total. The molecule has 2 aliphatic rings. The van der Waals surface area contributed by atoms with Crippen molar-refractivity contribution in [2.75, 3.05) is 0 Å². The van der Waals surface area contributed by atoms with Crippen LogP contribution in [0.15, 0.2) is 18.2 Å². The van der Waals surface area contributed by atoms with Crippen molar-refractivity contribution in [2.24, 2.45) is 5.41 Å². The zero-order valence-corrected chi connectivity index (χ0v) is 12.2. The van der Waals surface area contributed by atoms with E-state index in [2.05, 4.69) is 0 Å². The highest BCUT2D eigenvalue weighted by Crippen LogP contribution is 2.52. The van der Waals surface area contributed by atoms with Crippen molar-refractivity contribution in [1.82, 2.24) is 0 Å². The molecule has 0 saturated heterocycles. The van der Waals surface area contributed by atoms with Crippen LogP contribution in [0.1, 0.15) is 44.9 Å². The van der Waals surface area contributed by atoms with Crippen molar-refractivity contribution in [3.05, 3.63) is 29.0 Å². The Balaban J connectivity index is 1.76. The van der Waals surface area contributed by atoms with Crippen molar-refractivity contribution in [3.8, 4) is 5.75 Å². The van der Waals surface area contributed by atoms with E-state index in [1.165, 1.54) is 25.0 Å². The molecule has 2 nitrogen and oxygen atoms in total. The van der Waals surface area contributed by atoms with Gasteiger partial charge in [-0.1, -0.05) is 37.3 Å². The third-order valence-electron chi connectivity index (χ3n) is 4.94. The summed E-state index contributed by atoms with van der Waals surface area (Å²) in [6, 6.07) is 4.20. The summed E-state index contributed by atoms with van der Waals surface area (Å²) in [7, 11) is 0. The van der Waals surface area contributed by atoms with Gasteiger partial charge in [0.2, 0.25) is 0 Å². The van der Waals surface area contributed by atoms with Gasteiger partial charge in [0.1, 0.15) is 17.7 Å². The second-order valence-electron chi connectivity index (χ2n) is 6.08. The maximum atomic E-state index is 13.1. The molecule has 2 atom stereocenters. The van der Waals surface area contributed by atoms with E-state index < -0.39 is 0 Å². The van der Waals surface area contributed by atoms with E-state index in [9.17, 15) is 9.50 Å². The molecule has 2 unspecified atom stereocenters. The van der Waals surface area contributed by atoms with Gasteiger partial charge in [-0.15, -0.1) is 0 Å². The number of aliphatic hydroxyl groups excluding tert-OH is 1. The van der Waals surface area contributed by atoms with E-state index in [1.807, 2.05) is 0 Å². The predicted molar refractivity (Wildman–Crippen MR) is 76.6 cm³/mol. The first-order valence-corrected chi connectivity index (χ1v) is 7.79. The van der Waals surface area contributed by atoms with Crippen LogP contribution in [0.2, 0.25) is 5.02 Å². The van der Waals surface area contributed by atoms with E-state index in [-0.39, 0.29) is 23.4 Å². The molecule has 4 heteroatoms. The summed E-state index contributed by atoms with van der Waals surface area (Å²) >= 11 is 6.02. The summed E-state index contributed by atoms with van der Waals surface area (Å²) in [5.41, 5.74) is -0.117. The zero-order chi connectivity index (χ0) is 14.2. The van der Waals surface area contributed by atoms with Gasteiger partial charge < -0.3 is 9.84 Å². The normalized spacial score (nSPS) is 28.8. The third kappa shape index (κ3) is 2.42. The predicted octanol–water partition coefficient (Wildman–Crippen LogP) is 4.33. The van der Waals surface area contributed by atoms with Gasteiger partial charge in [-0.05, 0) is 31.0 Å². The topological polar surface area (TPSA) is 29.5 Å². The van der Waals surface area contributed by atoms with Crippen molar-refractivity contribution >= 4 is 11.6 Å². The van der Waals surface area contributed by atoms with E-state index in [4.69, 9.17) is 16.3 Å². The van der Waals surface area contributed by atoms with Crippen LogP contribution in [0.25, 0.3) is 0 Å². The monoisotopic (exact) mass is 298 g/mol. The molecule has 0 radical (unpaired) electrons. The van der Waals surface area contributed by atoms with Crippen LogP contribution in [-0.4, -0.2) is 17.3 Å². The Bertz CT molecular complexity index is 483. The van der Waals surface area contributed by atoms with Gasteiger partial charge >= 0.3 is 0 Å². The molecule has 0 amide bonds. The van der Waals surface area contributed by atoms with Gasteiger partial charge in [0, 0.05) is 11.8 Å². The number of rotatable bonds is 2. The molecule has 1 aromatic rings. The van der Waals surface area contributed by atoms with Crippen LogP contribution in [0.3, 0.4) is 0 Å². The quantitative estimate of drug-likeness (QED) is 0.880. The van der Waals surface area contributed by atoms with Crippen molar-refractivity contribution < 1.29 is 14.2 Å². The summed E-state index contributed by atoms with van der Waals surface area (Å²) in [5.74, 6) is 0.161. The Labute approximate surface area is 123 Å². The Kier molecular flexibility index (Phi) is 3.91. The SMILES string of the molecule is OC1CC(Oc2ccc(F)cc2Cl)C12CCCCCC2. The summed E-state index contributed by atoms with van der Waals surface area (Å²) in [4.78, 5) is 0. The highest BCUT2D eigenvalue weighted by molar-refractivity contribution is 6.32. The van der Waals surface area contributed by atoms with Gasteiger partial charge in [-0.2, -0.15) is 0 Å². The summed E-state index contributed by atoms with van der Waals surface area (Å²) in [6.45, 7) is 0. The lowest BCUT2D eigenvalue weighted by atomic mass is 9.59. The number of halogens is 2. The lowest BCUT2D eigenvalue weighted by molar-refractivity contribution is -0.163. The first-order chi connectivity index (χ1) is 9.62. The fourth-order valence-electron chi connectivity index (χ4n) is 3.66. The molecule has 2 fully saturated rings. The Morgan fingerprint density at radius 1 is 1.20 bits per heavy atom. The maximum Gasteiger partial charge on any atom is 0.138 e. The van der Waals surface area contributed by atoms with Gasteiger partial charge in [0.05, 0.1) is 11.1 Å². The number of hydrogen-bond acceptors (Lipinski definition) is 2. The minimum Gasteiger partial charge on any atom is -0.488 e. The summed E-state index contributed by atoms with van der Waals surface area (Å²) < 4.78 is 19.1. The van der Waals surface area contributed by atoms with Crippen LogP contribution >= 0.6 is 11.6 Å². The molecule has 0 aromatic heterocycles. The largest absolute Gasteiger partial charge is 0.488 e. The average Bonchev–Trinajstić information content (AvgIpc) is 2.69. The molecular formula is C16H20ClFO2. The average molecular weight is 299 g/mol. The maximum absolute atomic E-state index is 13.1. The van der Waals surface area contributed by atoms with E-state index in [0.29, 0.717) is 17.2 Å². The Hall–Kier alpha value is -0.800. The van der Waals surface area contributed by atoms with Gasteiger partial charge in [0.25, 0.3) is 0 Å². The van der Waals surface area contributed by atoms with Crippen LogP contribution < -0.4 is 4.74 Å². The zero-order valence-electron chi connectivity index (χ0n) is 11.4. The van der Waals surface area contributed by atoms with Crippen molar-refractivity contribution in [3.63, 3.8) is 0 Å². The third-order valence-corrected chi connectivity index (χ3v) is 5.24. The van der Waals surface area contributed by atoms with E-state index >= 15 is 0 Å². The van der Waals surface area contributed by atoms with Crippen LogP contribution in [0.4, 0.5) is 4.39 Å². The smallest absolute Gasteiger partial charge is 0.138 e. The van der Waals surface area contributed by atoms with Crippen molar-refractivity contribution in [1.29, 1.82) is 0 Å². The first kappa shape index (κ1) is 14.2. The fraction of sp³-hybridized carbons (Fsp3) is 0.625. The van der Waals surface area contributed by atoms with Crippen LogP contribution in [-0.2, 0) is 0 Å². The molecule has 0 heterocycles. The van der Waals surface area contributed by atoms with Crippen molar-refractivity contribution in [2.45, 2.75) is 57.2 Å². The Morgan fingerprint density at radius 2 is 1.90 bits per heavy atom. The molecule has 1 spiro atoms. The molecule has 110 valence electrons. The second-order valence-corrected chi connectivity index (χ2v) is 6.49. The van der Waals surface area contributed by atoms with Gasteiger partial charge in [-0.3, -0.25) is 0 Å². The number of ether oxygens (including phenoxy) is 1. The van der Waals surface area contributed by atoms with E-state index in [0.717, 1.165) is 25.7 Å². The minimum absolute atomic E-state index is 0.00133. The second kappa shape index (κ2) is 5.53. The number of benzene rings is 1. The molecule has 2 aliphatic carbocycles. The summed E-state index contributed by atoms with van der Waals surface area (Å²) in [6.07, 6.45) is 7.16. The minimum atomic E-state index is -0.361. The Morgan fingerprint density at radius 3 is 2.50 bits per heavy atom. The molecule has 20 heavy (non-hydrogen) atoms. The summed E-state index contributed by atoms with van der Waals surface area (Å²) in [5, 5.41) is 10.5. The lowest BCUT2D eigenvalue weighted by Gasteiger charge is -2.53. The molecular weight excluding hydrogens is 279 g/mol. The van der Waals surface area contributed by atoms with E-state index in [1.54, 1.807) is 6.07 Å². The number of hydrogen-bond donors (Lipinski definition) is 1. The molecule has 0 aliphatic heterocycles. The molecule has 3 rings (SSSR count). The molecule has 1 aromatic carbocycles. The van der Waals surface area contributed by atoms with Gasteiger partial charge in [0.15, 0.2) is 0 Å². The lowest BCUT2D eigenvalue weighted by Crippen LogP contribution is -2.59. The van der Waals surface area contributed by atoms with Gasteiger partial charge in [-0.25, -0.2) is 4.39 Å². The standard InChI is InChI=1S/C16H20ClFO2/c17-12-9-11(18)5-6-13(12)20-15-10-14(19)16(15)7-3-1-2-4-8-16/h5-6,9,14-15,19H,1-4,7-8,10H2. The number of aliphatic hydroxyl groups is 1. The highest BCUT2D eigenvalue weighted by atomic mass is 35.5. The fourth-order valence-corrected chi connectivity index (χ4v) is 3.87.